The third kappa shape index (κ3) is 18.3. The average molecular weight is 1410 g/mol. The summed E-state index contributed by atoms with van der Waals surface area (Å²) in [7, 11) is 0. The highest BCUT2D eigenvalue weighted by Gasteiger charge is 2.48. The fourth-order valence-corrected chi connectivity index (χ4v) is 14.2. The molecular weight excluding hydrogens is 1340 g/mol. The molecule has 6 N–H and O–H groups in total. The van der Waals surface area contributed by atoms with Crippen LogP contribution in [0.25, 0.3) is 55.8 Å². The summed E-state index contributed by atoms with van der Waals surface area (Å²) in [6.07, 6.45) is 18.0. The molecule has 9 aromatic rings. The quantitative estimate of drug-likeness (QED) is 0.0415. The van der Waals surface area contributed by atoms with E-state index in [0.717, 1.165) is 83.1 Å². The van der Waals surface area contributed by atoms with Crippen LogP contribution >= 0.6 is 57.5 Å². The molecular formula is C77H70Cl3F2N7O7S2. The molecule has 502 valence electrons. The van der Waals surface area contributed by atoms with Crippen molar-refractivity contribution < 1.29 is 42.2 Å². The van der Waals surface area contributed by atoms with Crippen molar-refractivity contribution in [3.05, 3.63) is 235 Å². The Bertz CT molecular complexity index is 4510. The molecule has 21 heteroatoms. The van der Waals surface area contributed by atoms with Gasteiger partial charge in [0.1, 0.15) is 47.2 Å². The fraction of sp³-hybridized carbons (Fsp3) is 0.234. The van der Waals surface area contributed by atoms with E-state index < -0.39 is 11.8 Å². The number of anilines is 2. The highest BCUT2D eigenvalue weighted by atomic mass is 35.5. The van der Waals surface area contributed by atoms with Crippen LogP contribution in [0.2, 0.25) is 15.1 Å². The molecule has 3 unspecified atom stereocenters. The van der Waals surface area contributed by atoms with Crippen molar-refractivity contribution in [3.63, 3.8) is 0 Å². The van der Waals surface area contributed by atoms with Crippen LogP contribution in [0.3, 0.4) is 0 Å². The molecule has 3 aliphatic heterocycles. The van der Waals surface area contributed by atoms with Gasteiger partial charge >= 0.3 is 0 Å². The van der Waals surface area contributed by atoms with Gasteiger partial charge in [0.2, 0.25) is 17.7 Å². The smallest absolute Gasteiger partial charge is 0.249 e. The van der Waals surface area contributed by atoms with Crippen LogP contribution in [-0.2, 0) is 33.6 Å². The average Bonchev–Trinajstić information content (AvgIpc) is 1.42. The Morgan fingerprint density at radius 3 is 1.61 bits per heavy atom. The Labute approximate surface area is 590 Å². The molecule has 3 atom stereocenters. The lowest BCUT2D eigenvalue weighted by Gasteiger charge is -2.33. The van der Waals surface area contributed by atoms with Gasteiger partial charge in [-0.05, 0) is 185 Å². The highest BCUT2D eigenvalue weighted by Crippen LogP contribution is 2.46. The maximum Gasteiger partial charge on any atom is 0.249 e. The SMILES string of the molecule is C=C(C)c1ccc(-c2cc(Cl)c3c(c2)CC(CNC(=O)/C=C/c2ccc(N)nc2)O3)s1.CC(C)c1ccc(-c2cc(Cl)c3c(c2)CC(CNC(=O)/C=C/c2cccnc2)O3)s1.Nc1ccc(/C=C/C(=O)CCC2Cc3cc(-c4ccc(C(=O)C5CC(F)(F)C5)cc4)cc(Cl)c3O2)cn1. The second-order valence-electron chi connectivity index (χ2n) is 24.7. The number of nitrogens with one attached hydrogen (secondary N) is 2. The van der Waals surface area contributed by atoms with Crippen LogP contribution in [0.1, 0.15) is 106 Å². The number of ether oxygens (including phenoxy) is 3. The number of carbonyl (C=O) groups is 4. The van der Waals surface area contributed by atoms with Crippen LogP contribution in [0, 0.1) is 5.92 Å². The molecule has 1 saturated carbocycles. The van der Waals surface area contributed by atoms with E-state index in [1.54, 1.807) is 120 Å². The summed E-state index contributed by atoms with van der Waals surface area (Å²) >= 11 is 23.0. The molecule has 0 saturated heterocycles. The number of aromatic nitrogens is 3. The van der Waals surface area contributed by atoms with Gasteiger partial charge in [0, 0.05) is 118 Å². The first-order valence-corrected chi connectivity index (χ1v) is 34.6. The van der Waals surface area contributed by atoms with Crippen LogP contribution < -0.4 is 36.3 Å². The zero-order valence-corrected chi connectivity index (χ0v) is 57.7. The molecule has 98 heavy (non-hydrogen) atoms. The third-order valence-electron chi connectivity index (χ3n) is 16.7. The molecule has 13 rings (SSSR count). The number of nitrogen functional groups attached to an aromatic ring is 2. The van der Waals surface area contributed by atoms with Crippen molar-refractivity contribution in [2.24, 2.45) is 5.92 Å². The molecule has 1 fully saturated rings. The van der Waals surface area contributed by atoms with Crippen LogP contribution in [0.4, 0.5) is 20.4 Å². The van der Waals surface area contributed by atoms with Crippen molar-refractivity contribution in [2.45, 2.75) is 95.9 Å². The number of carbonyl (C=O) groups excluding carboxylic acids is 4. The first kappa shape index (κ1) is 70.0. The molecule has 0 radical (unpaired) electrons. The predicted octanol–water partition coefficient (Wildman–Crippen LogP) is 17.5. The van der Waals surface area contributed by atoms with E-state index in [9.17, 15) is 28.0 Å². The number of amides is 2. The number of thiophene rings is 2. The number of allylic oxidation sites excluding steroid dienone is 2. The van der Waals surface area contributed by atoms with E-state index in [1.807, 2.05) is 37.3 Å². The summed E-state index contributed by atoms with van der Waals surface area (Å²) in [5.74, 6) is -0.511. The maximum absolute atomic E-state index is 13.1. The molecule has 1 aliphatic carbocycles. The minimum atomic E-state index is -2.72. The normalized spacial score (nSPS) is 16.4. The Hall–Kier alpha value is -9.30. The number of rotatable bonds is 20. The molecule has 14 nitrogen and oxygen atoms in total. The minimum absolute atomic E-state index is 0.0107. The van der Waals surface area contributed by atoms with Gasteiger partial charge in [-0.2, -0.15) is 0 Å². The maximum atomic E-state index is 13.1. The first-order chi connectivity index (χ1) is 47.0. The standard InChI is InChI=1S/C29H25ClF2N2O3.C24H22ClN3O2S.C24H23ClN2O2S/c30-25-13-20(18-3-5-19(6-4-18)27(36)22-14-29(31,32)15-22)11-21-12-24(37-28(21)25)9-8-23(35)7-1-17-2-10-26(33)34-16-17;1-14(2)20-5-6-21(31-20)16-9-17-10-18(30-24(17)19(25)11-16)13-28-23(29)8-4-15-3-7-22(26)27-12-15;1-15(2)21-6-7-22(30-21)17-10-18-11-19(29-24(18)20(25)12-17)14-27-23(28)8-5-16-4-3-9-26-13-16/h1-7,10-11,13,16,22,24H,8-9,12,14-15H2,(H2,33,34);3-9,11-12,18H,1,10,13H2,2H3,(H2,26,27)(H,28,29);3-10,12-13,15,19H,11,14H2,1-2H3,(H,27,28)/b7-1+;8-4+;8-5+. The largest absolute Gasteiger partial charge is 0.488 e. The number of nitrogens with two attached hydrogens (primary N) is 2. The van der Waals surface area contributed by atoms with E-state index in [2.05, 4.69) is 82.4 Å². The van der Waals surface area contributed by atoms with Gasteiger partial charge in [-0.1, -0.05) is 85.6 Å². The van der Waals surface area contributed by atoms with Gasteiger partial charge in [0.15, 0.2) is 11.6 Å². The summed E-state index contributed by atoms with van der Waals surface area (Å²) in [6, 6.07) is 38.1. The molecule has 2 amide bonds. The van der Waals surface area contributed by atoms with Crippen molar-refractivity contribution in [2.75, 3.05) is 24.6 Å². The summed E-state index contributed by atoms with van der Waals surface area (Å²) in [6.45, 7) is 11.2. The predicted molar refractivity (Wildman–Crippen MR) is 390 cm³/mol. The lowest BCUT2D eigenvalue weighted by molar-refractivity contribution is -0.117. The van der Waals surface area contributed by atoms with Crippen molar-refractivity contribution in [1.82, 2.24) is 25.6 Å². The molecule has 5 aromatic heterocycles. The third-order valence-corrected chi connectivity index (χ3v) is 20.2. The molecule has 8 heterocycles. The summed E-state index contributed by atoms with van der Waals surface area (Å²) in [4.78, 5) is 65.9. The Morgan fingerprint density at radius 2 is 1.12 bits per heavy atom. The van der Waals surface area contributed by atoms with Gasteiger partial charge in [-0.3, -0.25) is 24.2 Å². The molecule has 0 bridgehead atoms. The molecule has 0 spiro atoms. The van der Waals surface area contributed by atoms with E-state index in [1.165, 1.54) is 28.0 Å². The van der Waals surface area contributed by atoms with Crippen molar-refractivity contribution >= 4 is 116 Å². The second kappa shape index (κ2) is 31.5. The number of ketones is 2. The van der Waals surface area contributed by atoms with Crippen LogP contribution in [-0.4, -0.2) is 75.7 Å². The minimum Gasteiger partial charge on any atom is -0.488 e. The van der Waals surface area contributed by atoms with Crippen LogP contribution in [0.15, 0.2) is 171 Å². The Morgan fingerprint density at radius 1 is 0.622 bits per heavy atom. The number of Topliss-reactive ketones (excluding diaryl/α,β-unsaturated/α-hetero) is 1. The van der Waals surface area contributed by atoms with Gasteiger partial charge in [0.05, 0.1) is 28.2 Å². The molecule has 4 aliphatic rings. The van der Waals surface area contributed by atoms with Crippen molar-refractivity contribution in [3.8, 4) is 49.3 Å². The number of alkyl halides is 2. The summed E-state index contributed by atoms with van der Waals surface area (Å²) in [5.41, 5.74) is 22.1. The lowest BCUT2D eigenvalue weighted by atomic mass is 9.76. The summed E-state index contributed by atoms with van der Waals surface area (Å²) in [5, 5.41) is 7.46. The molecule has 4 aromatic carbocycles. The Kier molecular flexibility index (Phi) is 22.5. The monoisotopic (exact) mass is 1410 g/mol. The highest BCUT2D eigenvalue weighted by molar-refractivity contribution is 7.16. The number of halogens is 5. The second-order valence-corrected chi connectivity index (χ2v) is 28.1. The van der Waals surface area contributed by atoms with E-state index in [0.29, 0.717) is 88.5 Å². The number of hydrogen-bond acceptors (Lipinski definition) is 14. The number of fused-ring (bicyclic) bond motifs is 3. The van der Waals surface area contributed by atoms with E-state index in [4.69, 9.17) is 60.5 Å². The van der Waals surface area contributed by atoms with E-state index in [-0.39, 0.29) is 54.5 Å². The Balaban J connectivity index is 0.000000150. The zero-order valence-electron chi connectivity index (χ0n) is 53.8. The van der Waals surface area contributed by atoms with Gasteiger partial charge < -0.3 is 36.3 Å². The van der Waals surface area contributed by atoms with Crippen molar-refractivity contribution in [1.29, 1.82) is 0 Å². The number of pyridine rings is 3. The lowest BCUT2D eigenvalue weighted by Crippen LogP contribution is -2.39. The fourth-order valence-electron chi connectivity index (χ4n) is 11.4. The topological polar surface area (TPSA) is 211 Å². The zero-order chi connectivity index (χ0) is 69.2. The van der Waals surface area contributed by atoms with Gasteiger partial charge in [0.25, 0.3) is 0 Å². The van der Waals surface area contributed by atoms with E-state index >= 15 is 0 Å². The number of hydrogen-bond donors (Lipinski definition) is 4. The number of benzene rings is 4. The number of nitrogens with zero attached hydrogens (tertiary/aromatic N) is 3. The van der Waals surface area contributed by atoms with Gasteiger partial charge in [-0.25, -0.2) is 18.7 Å². The first-order valence-electron chi connectivity index (χ1n) is 31.9. The summed E-state index contributed by atoms with van der Waals surface area (Å²) < 4.78 is 44.3. The van der Waals surface area contributed by atoms with Gasteiger partial charge in [-0.15, -0.1) is 22.7 Å². The van der Waals surface area contributed by atoms with Crippen LogP contribution in [0.5, 0.6) is 17.2 Å².